The summed E-state index contributed by atoms with van der Waals surface area (Å²) in [6.07, 6.45) is 3.13. The Bertz CT molecular complexity index is 535. The first kappa shape index (κ1) is 10.9. The molecule has 15 heavy (non-hydrogen) atoms. The van der Waals surface area contributed by atoms with Crippen molar-refractivity contribution in [2.24, 2.45) is 0 Å². The van der Waals surface area contributed by atoms with Gasteiger partial charge in [-0.2, -0.15) is 0 Å². The predicted octanol–water partition coefficient (Wildman–Crippen LogP) is 3.19. The Labute approximate surface area is 99.0 Å². The molecule has 7 heteroatoms. The molecule has 0 aliphatic heterocycles. The van der Waals surface area contributed by atoms with Crippen LogP contribution < -0.4 is 0 Å². The molecule has 0 fully saturated rings. The Hall–Kier alpha value is -0.650. The van der Waals surface area contributed by atoms with Gasteiger partial charge in [-0.25, -0.2) is 19.3 Å². The molecule has 2 aromatic rings. The maximum atomic E-state index is 13.5. The molecule has 0 aliphatic carbocycles. The summed E-state index contributed by atoms with van der Waals surface area (Å²) in [4.78, 5) is 11.6. The minimum absolute atomic E-state index is 0.0966. The van der Waals surface area contributed by atoms with Gasteiger partial charge in [0.05, 0.1) is 5.39 Å². The molecular weight excluding hydrogens is 260 g/mol. The first-order valence-corrected chi connectivity index (χ1v) is 5.82. The molecule has 0 amide bonds. The van der Waals surface area contributed by atoms with Crippen LogP contribution in [0.1, 0.15) is 0 Å². The fraction of sp³-hybridized carbons (Fsp3) is 0.125. The van der Waals surface area contributed by atoms with Gasteiger partial charge in [0.2, 0.25) is 0 Å². The third kappa shape index (κ3) is 1.87. The van der Waals surface area contributed by atoms with Crippen LogP contribution in [0.4, 0.5) is 4.39 Å². The number of fused-ring (bicyclic) bond motifs is 1. The molecule has 2 heterocycles. The van der Waals surface area contributed by atoms with Crippen LogP contribution in [0.3, 0.4) is 0 Å². The van der Waals surface area contributed by atoms with Crippen LogP contribution in [0.5, 0.6) is 0 Å². The monoisotopic (exact) mass is 263 g/mol. The van der Waals surface area contributed by atoms with Crippen molar-refractivity contribution < 1.29 is 4.39 Å². The SMILES string of the molecule is CSc1nc(Cl)c2cnc(Cl)c(F)c2n1. The van der Waals surface area contributed by atoms with Crippen molar-refractivity contribution in [3.63, 3.8) is 0 Å². The summed E-state index contributed by atoms with van der Waals surface area (Å²) in [5.74, 6) is -0.672. The van der Waals surface area contributed by atoms with E-state index in [0.717, 1.165) is 0 Å². The van der Waals surface area contributed by atoms with Gasteiger partial charge in [0.1, 0.15) is 10.7 Å². The highest BCUT2D eigenvalue weighted by Crippen LogP contribution is 2.27. The average Bonchev–Trinajstić information content (AvgIpc) is 2.23. The van der Waals surface area contributed by atoms with E-state index in [0.29, 0.717) is 10.5 Å². The summed E-state index contributed by atoms with van der Waals surface area (Å²) >= 11 is 12.7. The van der Waals surface area contributed by atoms with E-state index in [1.54, 1.807) is 6.26 Å². The summed E-state index contributed by atoms with van der Waals surface area (Å²) in [6.45, 7) is 0. The summed E-state index contributed by atoms with van der Waals surface area (Å²) in [5, 5.41) is 0.710. The van der Waals surface area contributed by atoms with Crippen LogP contribution in [0.25, 0.3) is 10.9 Å². The lowest BCUT2D eigenvalue weighted by atomic mass is 10.3. The van der Waals surface area contributed by atoms with E-state index < -0.39 is 5.82 Å². The van der Waals surface area contributed by atoms with Crippen molar-refractivity contribution >= 4 is 45.9 Å². The lowest BCUT2D eigenvalue weighted by Crippen LogP contribution is -1.94. The molecule has 0 N–H and O–H groups in total. The maximum Gasteiger partial charge on any atom is 0.189 e. The third-order valence-electron chi connectivity index (χ3n) is 1.76. The number of thioether (sulfide) groups is 1. The highest BCUT2D eigenvalue weighted by Gasteiger charge is 2.13. The average molecular weight is 264 g/mol. The van der Waals surface area contributed by atoms with Gasteiger partial charge in [-0.05, 0) is 6.26 Å². The second-order valence-electron chi connectivity index (χ2n) is 2.63. The van der Waals surface area contributed by atoms with Crippen molar-refractivity contribution in [3.8, 4) is 0 Å². The zero-order valence-electron chi connectivity index (χ0n) is 7.46. The van der Waals surface area contributed by atoms with E-state index in [9.17, 15) is 4.39 Å². The number of hydrogen-bond acceptors (Lipinski definition) is 4. The van der Waals surface area contributed by atoms with Crippen LogP contribution in [0.2, 0.25) is 10.3 Å². The smallest absolute Gasteiger partial charge is 0.189 e. The van der Waals surface area contributed by atoms with E-state index in [2.05, 4.69) is 15.0 Å². The van der Waals surface area contributed by atoms with Crippen molar-refractivity contribution in [2.75, 3.05) is 6.26 Å². The highest BCUT2D eigenvalue weighted by atomic mass is 35.5. The Morgan fingerprint density at radius 2 is 2.00 bits per heavy atom. The molecule has 3 nitrogen and oxygen atoms in total. The minimum Gasteiger partial charge on any atom is -0.241 e. The van der Waals surface area contributed by atoms with Gasteiger partial charge in [0, 0.05) is 6.20 Å². The van der Waals surface area contributed by atoms with Crippen molar-refractivity contribution in [3.05, 3.63) is 22.3 Å². The normalized spacial score (nSPS) is 10.9. The van der Waals surface area contributed by atoms with Crippen LogP contribution in [0, 0.1) is 5.82 Å². The second kappa shape index (κ2) is 4.08. The number of halogens is 3. The fourth-order valence-electron chi connectivity index (χ4n) is 1.07. The Kier molecular flexibility index (Phi) is 2.95. The lowest BCUT2D eigenvalue weighted by Gasteiger charge is -2.03. The zero-order chi connectivity index (χ0) is 11.0. The Morgan fingerprint density at radius 3 is 2.67 bits per heavy atom. The van der Waals surface area contributed by atoms with Gasteiger partial charge >= 0.3 is 0 Å². The molecule has 0 unspecified atom stereocenters. The highest BCUT2D eigenvalue weighted by molar-refractivity contribution is 7.98. The molecular formula is C8H4Cl2FN3S. The molecule has 0 saturated heterocycles. The first-order chi connectivity index (χ1) is 7.13. The van der Waals surface area contributed by atoms with Crippen molar-refractivity contribution in [1.29, 1.82) is 0 Å². The van der Waals surface area contributed by atoms with Gasteiger partial charge in [-0.15, -0.1) is 0 Å². The first-order valence-electron chi connectivity index (χ1n) is 3.84. The lowest BCUT2D eigenvalue weighted by molar-refractivity contribution is 0.629. The van der Waals surface area contributed by atoms with Crippen LogP contribution >= 0.6 is 35.0 Å². The number of nitrogens with zero attached hydrogens (tertiary/aromatic N) is 3. The molecule has 0 atom stereocenters. The summed E-state index contributed by atoms with van der Waals surface area (Å²) < 4.78 is 13.5. The molecule has 0 aromatic carbocycles. The molecule has 0 radical (unpaired) electrons. The summed E-state index contributed by atoms with van der Waals surface area (Å²) in [5.41, 5.74) is 0.0966. The van der Waals surface area contributed by atoms with Gasteiger partial charge in [-0.3, -0.25) is 0 Å². The quantitative estimate of drug-likeness (QED) is 0.343. The molecule has 0 aliphatic rings. The van der Waals surface area contributed by atoms with Gasteiger partial charge < -0.3 is 0 Å². The minimum atomic E-state index is -0.672. The number of pyridine rings is 1. The van der Waals surface area contributed by atoms with E-state index in [4.69, 9.17) is 23.2 Å². The van der Waals surface area contributed by atoms with Crippen molar-refractivity contribution in [1.82, 2.24) is 15.0 Å². The molecule has 78 valence electrons. The molecule has 2 aromatic heterocycles. The molecule has 0 bridgehead atoms. The summed E-state index contributed by atoms with van der Waals surface area (Å²) in [6, 6.07) is 0. The van der Waals surface area contributed by atoms with E-state index >= 15 is 0 Å². The number of rotatable bonds is 1. The summed E-state index contributed by atoms with van der Waals surface area (Å²) in [7, 11) is 0. The van der Waals surface area contributed by atoms with Crippen LogP contribution in [-0.4, -0.2) is 21.2 Å². The van der Waals surface area contributed by atoms with Crippen LogP contribution in [-0.2, 0) is 0 Å². The Morgan fingerprint density at radius 1 is 1.27 bits per heavy atom. The topological polar surface area (TPSA) is 38.7 Å². The Balaban J connectivity index is 2.86. The van der Waals surface area contributed by atoms with Gasteiger partial charge in [0.15, 0.2) is 16.1 Å². The van der Waals surface area contributed by atoms with Gasteiger partial charge in [-0.1, -0.05) is 35.0 Å². The maximum absolute atomic E-state index is 13.5. The van der Waals surface area contributed by atoms with E-state index in [1.807, 2.05) is 0 Å². The largest absolute Gasteiger partial charge is 0.241 e. The van der Waals surface area contributed by atoms with E-state index in [1.165, 1.54) is 18.0 Å². The fourth-order valence-corrected chi connectivity index (χ4v) is 1.84. The number of hydrogen-bond donors (Lipinski definition) is 0. The standard InChI is InChI=1S/C8H4Cl2FN3S/c1-15-8-13-5-3(6(9)14-8)2-12-7(10)4(5)11/h2H,1H3. The zero-order valence-corrected chi connectivity index (χ0v) is 9.79. The van der Waals surface area contributed by atoms with Crippen molar-refractivity contribution in [2.45, 2.75) is 5.16 Å². The van der Waals surface area contributed by atoms with E-state index in [-0.39, 0.29) is 15.8 Å². The van der Waals surface area contributed by atoms with Crippen LogP contribution in [0.15, 0.2) is 11.4 Å². The molecule has 2 rings (SSSR count). The molecule has 0 spiro atoms. The van der Waals surface area contributed by atoms with Gasteiger partial charge in [0.25, 0.3) is 0 Å². The second-order valence-corrected chi connectivity index (χ2v) is 4.12. The number of aromatic nitrogens is 3. The third-order valence-corrected chi connectivity index (χ3v) is 2.86. The molecule has 0 saturated carbocycles. The predicted molar refractivity (Wildman–Crippen MR) is 59.1 cm³/mol.